The van der Waals surface area contributed by atoms with Gasteiger partial charge in [-0.25, -0.2) is 0 Å². The first-order valence-corrected chi connectivity index (χ1v) is 6.72. The van der Waals surface area contributed by atoms with E-state index in [1.807, 2.05) is 13.8 Å². The van der Waals surface area contributed by atoms with Gasteiger partial charge in [0, 0.05) is 0 Å². The Morgan fingerprint density at radius 3 is 2.33 bits per heavy atom. The molecular weight excluding hydrogens is 232 g/mol. The summed E-state index contributed by atoms with van der Waals surface area (Å²) in [4.78, 5) is 21.9. The van der Waals surface area contributed by atoms with Gasteiger partial charge < -0.3 is 9.84 Å². The maximum Gasteiger partial charge on any atom is 0.306 e. The number of esters is 1. The van der Waals surface area contributed by atoms with Gasteiger partial charge in [-0.1, -0.05) is 27.2 Å². The lowest BCUT2D eigenvalue weighted by atomic mass is 9.93. The maximum atomic E-state index is 11.5. The number of hydrogen-bond donors (Lipinski definition) is 1. The van der Waals surface area contributed by atoms with Crippen molar-refractivity contribution in [2.45, 2.75) is 71.8 Å². The molecule has 1 atom stereocenters. The van der Waals surface area contributed by atoms with Gasteiger partial charge in [-0.15, -0.1) is 0 Å². The molecule has 0 aromatic rings. The van der Waals surface area contributed by atoms with Crippen molar-refractivity contribution in [3.05, 3.63) is 0 Å². The Kier molecular flexibility index (Phi) is 7.64. The Morgan fingerprint density at radius 2 is 1.89 bits per heavy atom. The topological polar surface area (TPSA) is 63.6 Å². The SMILES string of the molecule is CCC(C)(CCCC(C)C)OC(=O)CCC(=O)O. The lowest BCUT2D eigenvalue weighted by Crippen LogP contribution is -2.31. The molecule has 0 aliphatic heterocycles. The van der Waals surface area contributed by atoms with E-state index in [0.29, 0.717) is 5.92 Å². The zero-order valence-electron chi connectivity index (χ0n) is 12.0. The van der Waals surface area contributed by atoms with Crippen molar-refractivity contribution in [3.8, 4) is 0 Å². The van der Waals surface area contributed by atoms with Crippen molar-refractivity contribution in [1.82, 2.24) is 0 Å². The van der Waals surface area contributed by atoms with Crippen molar-refractivity contribution < 1.29 is 19.4 Å². The molecule has 0 heterocycles. The molecule has 0 fully saturated rings. The predicted molar refractivity (Wildman–Crippen MR) is 70.3 cm³/mol. The van der Waals surface area contributed by atoms with Crippen LogP contribution in [-0.4, -0.2) is 22.6 Å². The first kappa shape index (κ1) is 16.9. The fourth-order valence-electron chi connectivity index (χ4n) is 1.72. The lowest BCUT2D eigenvalue weighted by molar-refractivity contribution is -0.161. The molecule has 1 unspecified atom stereocenters. The summed E-state index contributed by atoms with van der Waals surface area (Å²) in [6.45, 7) is 8.25. The van der Waals surface area contributed by atoms with E-state index in [1.54, 1.807) is 0 Å². The van der Waals surface area contributed by atoms with E-state index < -0.39 is 17.5 Å². The lowest BCUT2D eigenvalue weighted by Gasteiger charge is -2.28. The molecule has 106 valence electrons. The van der Waals surface area contributed by atoms with Crippen molar-refractivity contribution >= 4 is 11.9 Å². The molecule has 0 aliphatic carbocycles. The second-order valence-corrected chi connectivity index (χ2v) is 5.46. The van der Waals surface area contributed by atoms with Crippen molar-refractivity contribution in [1.29, 1.82) is 0 Å². The minimum Gasteiger partial charge on any atom is -0.481 e. The molecule has 18 heavy (non-hydrogen) atoms. The summed E-state index contributed by atoms with van der Waals surface area (Å²) in [6, 6.07) is 0. The first-order valence-electron chi connectivity index (χ1n) is 6.72. The summed E-state index contributed by atoms with van der Waals surface area (Å²) >= 11 is 0. The number of hydrogen-bond acceptors (Lipinski definition) is 3. The van der Waals surface area contributed by atoms with Crippen LogP contribution in [0.2, 0.25) is 0 Å². The van der Waals surface area contributed by atoms with E-state index in [9.17, 15) is 9.59 Å². The summed E-state index contributed by atoms with van der Waals surface area (Å²) in [7, 11) is 0. The predicted octanol–water partition coefficient (Wildman–Crippen LogP) is 3.39. The first-order chi connectivity index (χ1) is 8.29. The smallest absolute Gasteiger partial charge is 0.306 e. The van der Waals surface area contributed by atoms with Gasteiger partial charge >= 0.3 is 11.9 Å². The van der Waals surface area contributed by atoms with Crippen LogP contribution < -0.4 is 0 Å². The van der Waals surface area contributed by atoms with E-state index in [-0.39, 0.29) is 12.8 Å². The minimum atomic E-state index is -0.968. The van der Waals surface area contributed by atoms with Gasteiger partial charge in [-0.3, -0.25) is 9.59 Å². The molecule has 0 saturated heterocycles. The Labute approximate surface area is 110 Å². The van der Waals surface area contributed by atoms with Gasteiger partial charge in [-0.2, -0.15) is 0 Å². The van der Waals surface area contributed by atoms with Gasteiger partial charge in [0.1, 0.15) is 5.60 Å². The van der Waals surface area contributed by atoms with Gasteiger partial charge in [0.15, 0.2) is 0 Å². The molecular formula is C14H26O4. The largest absolute Gasteiger partial charge is 0.481 e. The molecule has 0 spiro atoms. The highest BCUT2D eigenvalue weighted by Gasteiger charge is 2.26. The van der Waals surface area contributed by atoms with Gasteiger partial charge in [0.25, 0.3) is 0 Å². The van der Waals surface area contributed by atoms with E-state index >= 15 is 0 Å². The third-order valence-corrected chi connectivity index (χ3v) is 3.14. The van der Waals surface area contributed by atoms with Crippen LogP contribution in [0.3, 0.4) is 0 Å². The highest BCUT2D eigenvalue weighted by atomic mass is 16.6. The fourth-order valence-corrected chi connectivity index (χ4v) is 1.72. The number of rotatable bonds is 9. The summed E-state index contributed by atoms with van der Waals surface area (Å²) in [6.07, 6.45) is 3.51. The summed E-state index contributed by atoms with van der Waals surface area (Å²) < 4.78 is 5.42. The molecule has 0 aromatic carbocycles. The van der Waals surface area contributed by atoms with Crippen LogP contribution in [0.15, 0.2) is 0 Å². The summed E-state index contributed by atoms with van der Waals surface area (Å²) in [5, 5.41) is 8.51. The van der Waals surface area contributed by atoms with Crippen LogP contribution >= 0.6 is 0 Å². The van der Waals surface area contributed by atoms with Gasteiger partial charge in [0.2, 0.25) is 0 Å². The number of carbonyl (C=O) groups is 2. The second-order valence-electron chi connectivity index (χ2n) is 5.46. The highest BCUT2D eigenvalue weighted by Crippen LogP contribution is 2.24. The Morgan fingerprint density at radius 1 is 1.28 bits per heavy atom. The van der Waals surface area contributed by atoms with Gasteiger partial charge in [-0.05, 0) is 32.1 Å². The fraction of sp³-hybridized carbons (Fsp3) is 0.857. The Bertz CT molecular complexity index is 273. The molecule has 0 aliphatic rings. The third-order valence-electron chi connectivity index (χ3n) is 3.14. The normalized spacial score (nSPS) is 14.3. The van der Waals surface area contributed by atoms with Crippen LogP contribution in [0.25, 0.3) is 0 Å². The zero-order valence-corrected chi connectivity index (χ0v) is 12.0. The van der Waals surface area contributed by atoms with Crippen LogP contribution in [0, 0.1) is 5.92 Å². The average Bonchev–Trinajstić information content (AvgIpc) is 2.25. The Balaban J connectivity index is 4.12. The molecule has 4 nitrogen and oxygen atoms in total. The van der Waals surface area contributed by atoms with Crippen LogP contribution in [0.5, 0.6) is 0 Å². The molecule has 0 saturated carbocycles. The Hall–Kier alpha value is -1.06. The van der Waals surface area contributed by atoms with Crippen LogP contribution in [0.1, 0.15) is 66.2 Å². The molecule has 0 amide bonds. The van der Waals surface area contributed by atoms with Gasteiger partial charge in [0.05, 0.1) is 12.8 Å². The average molecular weight is 258 g/mol. The monoisotopic (exact) mass is 258 g/mol. The standard InChI is InChI=1S/C14H26O4/c1-5-14(4,10-6-7-11(2)3)18-13(17)9-8-12(15)16/h11H,5-10H2,1-4H3,(H,15,16). The molecule has 4 heteroatoms. The van der Waals surface area contributed by atoms with E-state index in [2.05, 4.69) is 13.8 Å². The summed E-state index contributed by atoms with van der Waals surface area (Å²) in [5.41, 5.74) is -0.454. The summed E-state index contributed by atoms with van der Waals surface area (Å²) in [5.74, 6) is -0.731. The second kappa shape index (κ2) is 8.11. The third kappa shape index (κ3) is 8.09. The van der Waals surface area contributed by atoms with Crippen LogP contribution in [-0.2, 0) is 14.3 Å². The number of carbonyl (C=O) groups excluding carboxylic acids is 1. The molecule has 1 N–H and O–H groups in total. The van der Waals surface area contributed by atoms with Crippen LogP contribution in [0.4, 0.5) is 0 Å². The quantitative estimate of drug-likeness (QED) is 0.644. The number of ether oxygens (including phenoxy) is 1. The molecule has 0 rings (SSSR count). The van der Waals surface area contributed by atoms with Crippen molar-refractivity contribution in [2.75, 3.05) is 0 Å². The van der Waals surface area contributed by atoms with Crippen molar-refractivity contribution in [2.24, 2.45) is 5.92 Å². The molecule has 0 radical (unpaired) electrons. The number of carboxylic acid groups (broad SMARTS) is 1. The minimum absolute atomic E-state index is 0.0465. The molecule has 0 aromatic heterocycles. The zero-order chi connectivity index (χ0) is 14.2. The molecule has 0 bridgehead atoms. The number of aliphatic carboxylic acids is 1. The van der Waals surface area contributed by atoms with E-state index in [4.69, 9.17) is 9.84 Å². The highest BCUT2D eigenvalue weighted by molar-refractivity contribution is 5.76. The van der Waals surface area contributed by atoms with E-state index in [0.717, 1.165) is 25.7 Å². The maximum absolute atomic E-state index is 11.5. The van der Waals surface area contributed by atoms with Crippen molar-refractivity contribution in [3.63, 3.8) is 0 Å². The van der Waals surface area contributed by atoms with E-state index in [1.165, 1.54) is 0 Å². The number of carboxylic acids is 1.